The Morgan fingerprint density at radius 3 is 2.49 bits per heavy atom. The molecule has 1 aromatic rings. The SMILES string of the molecule is C[C@]12CC[C@@H]3c4ccc(OC(=O)CC(O)C(=O)O)cc4C[C@@H](CCCS(=O)CCCC(F)(F)C(F)(F)F)[C@H]3[C@@H]1CC[C@@H]2O. The van der Waals surface area contributed by atoms with Crippen molar-refractivity contribution in [2.75, 3.05) is 11.5 Å². The molecule has 0 saturated heterocycles. The van der Waals surface area contributed by atoms with Crippen molar-refractivity contribution < 1.29 is 55.8 Å². The van der Waals surface area contributed by atoms with Gasteiger partial charge in [-0.05, 0) is 104 Å². The number of carboxylic acids is 1. The summed E-state index contributed by atoms with van der Waals surface area (Å²) in [6.45, 7) is 2.14. The lowest BCUT2D eigenvalue weighted by atomic mass is 9.52. The fraction of sp³-hybridized carbons (Fsp3) is 0.733. The standard InChI is InChI=1S/C30H39F5O7S/c1-28-11-9-21-20-6-5-19(42-25(38)16-23(36)27(39)40)15-18(20)14-17(26(21)22(28)7-8-24(28)37)4-2-12-43(41)13-3-10-29(31,32)30(33,34)35/h5-6,15,17,21-24,26,36-37H,2-4,7-14,16H2,1H3,(H,39,40)/t17-,21-,22+,23?,24+,26-,28+,43?/m1/s1. The number of aliphatic hydroxyl groups is 2. The Kier molecular flexibility index (Phi) is 10.3. The molecule has 2 fully saturated rings. The third-order valence-corrected chi connectivity index (χ3v) is 11.4. The van der Waals surface area contributed by atoms with Crippen LogP contribution in [0.4, 0.5) is 22.0 Å². The summed E-state index contributed by atoms with van der Waals surface area (Å²) >= 11 is 0. The number of benzene rings is 1. The number of hydrogen-bond acceptors (Lipinski definition) is 6. The van der Waals surface area contributed by atoms with E-state index in [-0.39, 0.29) is 46.3 Å². The number of esters is 1. The van der Waals surface area contributed by atoms with Gasteiger partial charge in [0, 0.05) is 28.7 Å². The molecule has 13 heteroatoms. The van der Waals surface area contributed by atoms with Crippen molar-refractivity contribution in [3.8, 4) is 5.75 Å². The lowest BCUT2D eigenvalue weighted by Gasteiger charge is -2.53. The zero-order valence-corrected chi connectivity index (χ0v) is 24.8. The number of aliphatic hydroxyl groups excluding tert-OH is 2. The summed E-state index contributed by atoms with van der Waals surface area (Å²) in [6, 6.07) is 5.32. The predicted octanol–water partition coefficient (Wildman–Crippen LogP) is 5.38. The van der Waals surface area contributed by atoms with Crippen LogP contribution in [0, 0.1) is 23.2 Å². The summed E-state index contributed by atoms with van der Waals surface area (Å²) in [6.07, 6.45) is -5.42. The van der Waals surface area contributed by atoms with Crippen molar-refractivity contribution in [1.29, 1.82) is 0 Å². The molecule has 0 aliphatic heterocycles. The van der Waals surface area contributed by atoms with Crippen molar-refractivity contribution in [2.45, 2.75) is 101 Å². The number of carbonyl (C=O) groups is 2. The number of alkyl halides is 5. The molecule has 0 spiro atoms. The maximum Gasteiger partial charge on any atom is 0.453 e. The molecule has 0 heterocycles. The highest BCUT2D eigenvalue weighted by atomic mass is 32.2. The second-order valence-corrected chi connectivity index (χ2v) is 14.3. The smallest absolute Gasteiger partial charge is 0.453 e. The van der Waals surface area contributed by atoms with Gasteiger partial charge in [0.2, 0.25) is 0 Å². The molecule has 8 atom stereocenters. The first kappa shape index (κ1) is 33.8. The maximum absolute atomic E-state index is 13.2. The number of ether oxygens (including phenoxy) is 1. The monoisotopic (exact) mass is 638 g/mol. The zero-order chi connectivity index (χ0) is 31.7. The third kappa shape index (κ3) is 7.41. The van der Waals surface area contributed by atoms with E-state index in [9.17, 15) is 46.0 Å². The Balaban J connectivity index is 1.45. The number of carbonyl (C=O) groups excluding carboxylic acids is 1. The van der Waals surface area contributed by atoms with Gasteiger partial charge in [-0.15, -0.1) is 0 Å². The predicted molar refractivity (Wildman–Crippen MR) is 147 cm³/mol. The average Bonchev–Trinajstić information content (AvgIpc) is 3.21. The Hall–Kier alpha value is -2.12. The van der Waals surface area contributed by atoms with Gasteiger partial charge < -0.3 is 20.1 Å². The second kappa shape index (κ2) is 13.1. The number of fused-ring (bicyclic) bond motifs is 5. The molecule has 4 rings (SSSR count). The second-order valence-electron chi connectivity index (χ2n) is 12.6. The molecule has 43 heavy (non-hydrogen) atoms. The highest BCUT2D eigenvalue weighted by Crippen LogP contribution is 2.62. The Bertz CT molecular complexity index is 1210. The quantitative estimate of drug-likeness (QED) is 0.160. The van der Waals surface area contributed by atoms with Crippen LogP contribution in [0.3, 0.4) is 0 Å². The summed E-state index contributed by atoms with van der Waals surface area (Å²) in [4.78, 5) is 23.0. The average molecular weight is 639 g/mol. The molecule has 242 valence electrons. The summed E-state index contributed by atoms with van der Waals surface area (Å²) in [5.41, 5.74) is 1.88. The van der Waals surface area contributed by atoms with Crippen molar-refractivity contribution in [3.05, 3.63) is 29.3 Å². The molecular formula is C30H39F5O7S. The number of hydrogen-bond donors (Lipinski definition) is 3. The maximum atomic E-state index is 13.2. The van der Waals surface area contributed by atoms with Gasteiger partial charge in [-0.25, -0.2) is 4.79 Å². The molecule has 3 N–H and O–H groups in total. The van der Waals surface area contributed by atoms with Crippen LogP contribution >= 0.6 is 0 Å². The molecular weight excluding hydrogens is 599 g/mol. The van der Waals surface area contributed by atoms with Crippen LogP contribution in [0.15, 0.2) is 18.2 Å². The minimum Gasteiger partial charge on any atom is -0.479 e. The molecule has 2 unspecified atom stereocenters. The van der Waals surface area contributed by atoms with Crippen molar-refractivity contribution in [2.24, 2.45) is 23.2 Å². The van der Waals surface area contributed by atoms with Gasteiger partial charge >= 0.3 is 24.0 Å². The summed E-state index contributed by atoms with van der Waals surface area (Å²) < 4.78 is 81.5. The van der Waals surface area contributed by atoms with Crippen molar-refractivity contribution in [3.63, 3.8) is 0 Å². The molecule has 7 nitrogen and oxygen atoms in total. The Morgan fingerprint density at radius 1 is 1.12 bits per heavy atom. The largest absolute Gasteiger partial charge is 0.479 e. The Labute approximate surface area is 249 Å². The minimum absolute atomic E-state index is 0.124. The van der Waals surface area contributed by atoms with Gasteiger partial charge in [0.05, 0.1) is 12.5 Å². The normalized spacial score (nSPS) is 30.1. The molecule has 0 amide bonds. The summed E-state index contributed by atoms with van der Waals surface area (Å²) in [5, 5.41) is 29.1. The van der Waals surface area contributed by atoms with Gasteiger partial charge in [0.25, 0.3) is 0 Å². The topological polar surface area (TPSA) is 121 Å². The van der Waals surface area contributed by atoms with Crippen LogP contribution in [0.25, 0.3) is 0 Å². The van der Waals surface area contributed by atoms with Crippen LogP contribution in [-0.4, -0.2) is 67.3 Å². The zero-order valence-electron chi connectivity index (χ0n) is 24.0. The molecule has 0 aromatic heterocycles. The first-order valence-corrected chi connectivity index (χ1v) is 16.2. The third-order valence-electron chi connectivity index (χ3n) is 9.92. The summed E-state index contributed by atoms with van der Waals surface area (Å²) in [7, 11) is -1.54. The van der Waals surface area contributed by atoms with Crippen LogP contribution < -0.4 is 4.74 Å². The van der Waals surface area contributed by atoms with E-state index in [0.717, 1.165) is 30.4 Å². The number of aliphatic carboxylic acids is 1. The lowest BCUT2D eigenvalue weighted by molar-refractivity contribution is -0.284. The van der Waals surface area contributed by atoms with Crippen LogP contribution in [-0.2, 0) is 26.8 Å². The van der Waals surface area contributed by atoms with Crippen molar-refractivity contribution in [1.82, 2.24) is 0 Å². The first-order valence-electron chi connectivity index (χ1n) is 14.8. The molecule has 3 aliphatic carbocycles. The van der Waals surface area contributed by atoms with Gasteiger partial charge in [-0.1, -0.05) is 13.0 Å². The van der Waals surface area contributed by atoms with E-state index in [1.807, 2.05) is 6.07 Å². The highest BCUT2D eigenvalue weighted by molar-refractivity contribution is 7.84. The fourth-order valence-corrected chi connectivity index (χ4v) is 8.87. The van der Waals surface area contributed by atoms with E-state index in [2.05, 4.69) is 6.92 Å². The van der Waals surface area contributed by atoms with Crippen molar-refractivity contribution >= 4 is 22.7 Å². The summed E-state index contributed by atoms with van der Waals surface area (Å²) in [5.74, 6) is -6.22. The van der Waals surface area contributed by atoms with Gasteiger partial charge in [0.1, 0.15) is 5.75 Å². The number of carboxylic acid groups (broad SMARTS) is 1. The van der Waals surface area contributed by atoms with Crippen LogP contribution in [0.2, 0.25) is 0 Å². The molecule has 0 radical (unpaired) electrons. The first-order chi connectivity index (χ1) is 20.0. The molecule has 1 aromatic carbocycles. The molecule has 2 saturated carbocycles. The van der Waals surface area contributed by atoms with Gasteiger partial charge in [-0.3, -0.25) is 9.00 Å². The van der Waals surface area contributed by atoms with E-state index in [1.54, 1.807) is 12.1 Å². The van der Waals surface area contributed by atoms with E-state index >= 15 is 0 Å². The van der Waals surface area contributed by atoms with Crippen LogP contribution in [0.1, 0.15) is 81.8 Å². The molecule has 3 aliphatic rings. The van der Waals surface area contributed by atoms with E-state index in [4.69, 9.17) is 9.84 Å². The van der Waals surface area contributed by atoms with E-state index < -0.39 is 66.3 Å². The highest BCUT2D eigenvalue weighted by Gasteiger charge is 2.57. The Morgan fingerprint density at radius 2 is 1.81 bits per heavy atom. The van der Waals surface area contributed by atoms with Gasteiger partial charge in [0.15, 0.2) is 6.10 Å². The number of rotatable bonds is 12. The minimum atomic E-state index is -5.62. The fourth-order valence-electron chi connectivity index (χ4n) is 7.71. The van der Waals surface area contributed by atoms with Gasteiger partial charge in [-0.2, -0.15) is 22.0 Å². The number of halogens is 5. The lowest BCUT2D eigenvalue weighted by Crippen LogP contribution is -2.47. The van der Waals surface area contributed by atoms with Crippen LogP contribution in [0.5, 0.6) is 5.75 Å². The van der Waals surface area contributed by atoms with E-state index in [1.165, 1.54) is 0 Å². The van der Waals surface area contributed by atoms with E-state index in [0.29, 0.717) is 25.7 Å². The molecule has 0 bridgehead atoms.